The Balaban J connectivity index is 1.13. The third-order valence-corrected chi connectivity index (χ3v) is 6.28. The van der Waals surface area contributed by atoms with E-state index in [4.69, 9.17) is 9.47 Å². The van der Waals surface area contributed by atoms with Crippen LogP contribution < -0.4 is 30.7 Å². The van der Waals surface area contributed by atoms with Gasteiger partial charge in [0.25, 0.3) is 0 Å². The standard InChI is InChI=1S/C24H17F4N5O4/c25-15-3-1-10(7-14(15)24(26,27)28)31-23(35)32-19-18-12-8-11(2-4-16(12)37-20(18)19)36-17-5-6-29-21-13(17)9-30-22(34)33-21/h1-8,18-20H,9H2,(H2,31,32,35)(H2,29,30,33,34)/t18-,19-,20?/m0/s1. The number of carbonyl (C=O) groups excluding carboxylic acids is 2. The first kappa shape index (κ1) is 22.9. The molecule has 3 heterocycles. The highest BCUT2D eigenvalue weighted by Crippen LogP contribution is 2.54. The van der Waals surface area contributed by atoms with E-state index in [2.05, 4.69) is 26.3 Å². The van der Waals surface area contributed by atoms with Gasteiger partial charge >= 0.3 is 18.2 Å². The van der Waals surface area contributed by atoms with Crippen molar-refractivity contribution in [1.29, 1.82) is 0 Å². The van der Waals surface area contributed by atoms with Gasteiger partial charge in [0.1, 0.15) is 35.0 Å². The molecular weight excluding hydrogens is 498 g/mol. The average molecular weight is 515 g/mol. The van der Waals surface area contributed by atoms with Gasteiger partial charge in [0.2, 0.25) is 0 Å². The number of anilines is 2. The van der Waals surface area contributed by atoms with Crippen LogP contribution in [0.15, 0.2) is 48.7 Å². The number of amides is 4. The number of benzene rings is 2. The molecule has 2 aliphatic heterocycles. The Hall–Kier alpha value is -4.55. The number of rotatable bonds is 4. The van der Waals surface area contributed by atoms with E-state index < -0.39 is 29.6 Å². The first-order valence-electron chi connectivity index (χ1n) is 11.1. The van der Waals surface area contributed by atoms with Crippen LogP contribution in [0.5, 0.6) is 17.2 Å². The van der Waals surface area contributed by atoms with E-state index in [1.807, 2.05) is 0 Å². The molecule has 1 aliphatic carbocycles. The second-order valence-electron chi connectivity index (χ2n) is 8.67. The van der Waals surface area contributed by atoms with Gasteiger partial charge in [-0.3, -0.25) is 5.32 Å². The van der Waals surface area contributed by atoms with Gasteiger partial charge in [0, 0.05) is 17.4 Å². The number of carbonyl (C=O) groups is 2. The van der Waals surface area contributed by atoms with Crippen LogP contribution in [0.2, 0.25) is 0 Å². The van der Waals surface area contributed by atoms with Gasteiger partial charge in [-0.05, 0) is 42.5 Å². The molecule has 4 amide bonds. The summed E-state index contributed by atoms with van der Waals surface area (Å²) in [6.45, 7) is 0.253. The molecule has 9 nitrogen and oxygen atoms in total. The van der Waals surface area contributed by atoms with E-state index in [-0.39, 0.29) is 30.3 Å². The van der Waals surface area contributed by atoms with E-state index in [0.717, 1.165) is 11.6 Å². The van der Waals surface area contributed by atoms with Crippen LogP contribution in [0.1, 0.15) is 22.6 Å². The van der Waals surface area contributed by atoms with Crippen LogP contribution in [-0.2, 0) is 12.7 Å². The number of urea groups is 2. The van der Waals surface area contributed by atoms with Crippen LogP contribution >= 0.6 is 0 Å². The lowest BCUT2D eigenvalue weighted by molar-refractivity contribution is -0.139. The molecule has 3 aliphatic rings. The summed E-state index contributed by atoms with van der Waals surface area (Å²) in [5.41, 5.74) is -0.162. The zero-order valence-corrected chi connectivity index (χ0v) is 18.7. The summed E-state index contributed by atoms with van der Waals surface area (Å²) in [7, 11) is 0. The van der Waals surface area contributed by atoms with Crippen LogP contribution in [0.4, 0.5) is 38.7 Å². The van der Waals surface area contributed by atoms with Gasteiger partial charge in [-0.25, -0.2) is 19.0 Å². The minimum Gasteiger partial charge on any atom is -0.487 e. The summed E-state index contributed by atoms with van der Waals surface area (Å²) in [6.07, 6.45) is -3.70. The third kappa shape index (κ3) is 4.21. The van der Waals surface area contributed by atoms with Crippen molar-refractivity contribution >= 4 is 23.6 Å². The van der Waals surface area contributed by atoms with Crippen LogP contribution in [-0.4, -0.2) is 29.2 Å². The number of nitrogens with one attached hydrogen (secondary N) is 4. The number of halogens is 4. The Bertz CT molecular complexity index is 1450. The molecule has 13 heteroatoms. The van der Waals surface area contributed by atoms with E-state index in [1.165, 1.54) is 6.20 Å². The maximum atomic E-state index is 13.5. The fourth-order valence-electron chi connectivity index (χ4n) is 4.51. The lowest BCUT2D eigenvalue weighted by Crippen LogP contribution is -2.34. The van der Waals surface area contributed by atoms with Crippen molar-refractivity contribution in [2.45, 2.75) is 30.8 Å². The zero-order chi connectivity index (χ0) is 25.9. The van der Waals surface area contributed by atoms with Crippen LogP contribution in [0.3, 0.4) is 0 Å². The van der Waals surface area contributed by atoms with Gasteiger partial charge in [0.05, 0.1) is 29.6 Å². The fourth-order valence-corrected chi connectivity index (χ4v) is 4.51. The zero-order valence-electron chi connectivity index (χ0n) is 18.7. The van der Waals surface area contributed by atoms with Crippen molar-refractivity contribution in [2.75, 3.05) is 10.6 Å². The molecule has 0 spiro atoms. The van der Waals surface area contributed by atoms with Crippen molar-refractivity contribution in [3.8, 4) is 17.2 Å². The fraction of sp³-hybridized carbons (Fsp3) is 0.208. The SMILES string of the molecule is O=C1NCc2c(Oc3ccc4c(c3)[C@@H]3C(O4)[C@H]3NC(=O)Nc3ccc(F)c(C(F)(F)F)c3)ccnc2N1. The summed E-state index contributed by atoms with van der Waals surface area (Å²) >= 11 is 0. The van der Waals surface area contributed by atoms with Crippen molar-refractivity contribution in [1.82, 2.24) is 15.6 Å². The molecule has 6 rings (SSSR count). The predicted octanol–water partition coefficient (Wildman–Crippen LogP) is 4.72. The molecule has 0 bridgehead atoms. The Kier molecular flexibility index (Phi) is 5.10. The quantitative estimate of drug-likeness (QED) is 0.376. The number of aromatic nitrogens is 1. The normalized spacial score (nSPS) is 20.9. The molecule has 1 saturated carbocycles. The molecule has 1 fully saturated rings. The first-order valence-corrected chi connectivity index (χ1v) is 11.1. The summed E-state index contributed by atoms with van der Waals surface area (Å²) < 4.78 is 64.2. The minimum absolute atomic E-state index is 0.171. The smallest absolute Gasteiger partial charge is 0.419 e. The molecular formula is C24H17F4N5O4. The third-order valence-electron chi connectivity index (χ3n) is 6.28. The van der Waals surface area contributed by atoms with Crippen molar-refractivity contribution in [3.05, 3.63) is 71.2 Å². The predicted molar refractivity (Wildman–Crippen MR) is 121 cm³/mol. The van der Waals surface area contributed by atoms with Crippen molar-refractivity contribution in [2.24, 2.45) is 0 Å². The minimum atomic E-state index is -4.89. The average Bonchev–Trinajstić information content (AvgIpc) is 3.35. The molecule has 1 aromatic heterocycles. The number of ether oxygens (including phenoxy) is 2. The van der Waals surface area contributed by atoms with Crippen molar-refractivity contribution in [3.63, 3.8) is 0 Å². The van der Waals surface area contributed by atoms with Gasteiger partial charge < -0.3 is 25.4 Å². The second-order valence-corrected chi connectivity index (χ2v) is 8.67. The van der Waals surface area contributed by atoms with Crippen molar-refractivity contribution < 1.29 is 36.6 Å². The Morgan fingerprint density at radius 2 is 2.00 bits per heavy atom. The summed E-state index contributed by atoms with van der Waals surface area (Å²) in [6, 6.07) is 7.68. The highest BCUT2D eigenvalue weighted by atomic mass is 19.4. The van der Waals surface area contributed by atoms with E-state index >= 15 is 0 Å². The lowest BCUT2D eigenvalue weighted by Gasteiger charge is -2.20. The molecule has 190 valence electrons. The molecule has 0 radical (unpaired) electrons. The van der Waals surface area contributed by atoms with E-state index in [9.17, 15) is 27.2 Å². The largest absolute Gasteiger partial charge is 0.487 e. The summed E-state index contributed by atoms with van der Waals surface area (Å²) in [5.74, 6) is 0.471. The molecule has 1 unspecified atom stereocenters. The Labute approximate surface area is 206 Å². The number of hydrogen-bond donors (Lipinski definition) is 4. The number of fused-ring (bicyclic) bond motifs is 4. The molecule has 2 aromatic carbocycles. The van der Waals surface area contributed by atoms with Crippen LogP contribution in [0, 0.1) is 5.82 Å². The molecule has 3 aromatic rings. The number of pyridine rings is 1. The second kappa shape index (κ2) is 8.25. The lowest BCUT2D eigenvalue weighted by atomic mass is 10.1. The molecule has 3 atom stereocenters. The van der Waals surface area contributed by atoms with Gasteiger partial charge in [-0.2, -0.15) is 13.2 Å². The summed E-state index contributed by atoms with van der Waals surface area (Å²) in [4.78, 5) is 28.1. The van der Waals surface area contributed by atoms with Gasteiger partial charge in [-0.1, -0.05) is 0 Å². The van der Waals surface area contributed by atoms with Gasteiger partial charge in [-0.15, -0.1) is 0 Å². The Morgan fingerprint density at radius 1 is 1.16 bits per heavy atom. The molecule has 4 N–H and O–H groups in total. The van der Waals surface area contributed by atoms with Crippen LogP contribution in [0.25, 0.3) is 0 Å². The monoisotopic (exact) mass is 515 g/mol. The van der Waals surface area contributed by atoms with Gasteiger partial charge in [0.15, 0.2) is 0 Å². The molecule has 37 heavy (non-hydrogen) atoms. The summed E-state index contributed by atoms with van der Waals surface area (Å²) in [5, 5.41) is 10.3. The van der Waals surface area contributed by atoms with E-state index in [1.54, 1.807) is 24.3 Å². The maximum Gasteiger partial charge on any atom is 0.419 e. The number of alkyl halides is 3. The molecule has 0 saturated heterocycles. The first-order chi connectivity index (χ1) is 17.7. The Morgan fingerprint density at radius 3 is 2.81 bits per heavy atom. The number of hydrogen-bond acceptors (Lipinski definition) is 5. The highest BCUT2D eigenvalue weighted by molar-refractivity contribution is 5.91. The number of nitrogens with zero attached hydrogens (tertiary/aromatic N) is 1. The highest BCUT2D eigenvalue weighted by Gasteiger charge is 2.59. The van der Waals surface area contributed by atoms with E-state index in [0.29, 0.717) is 40.8 Å². The topological polar surface area (TPSA) is 114 Å². The maximum absolute atomic E-state index is 13.5.